The molecular weight excluding hydrogens is 266 g/mol. The van der Waals surface area contributed by atoms with Crippen molar-refractivity contribution >= 4 is 5.96 Å². The summed E-state index contributed by atoms with van der Waals surface area (Å²) in [6, 6.07) is 5.92. The van der Waals surface area contributed by atoms with E-state index in [1.54, 1.807) is 6.20 Å². The highest BCUT2D eigenvalue weighted by atomic mass is 16.5. The van der Waals surface area contributed by atoms with E-state index in [9.17, 15) is 0 Å². The van der Waals surface area contributed by atoms with E-state index in [1.807, 2.05) is 18.2 Å². The predicted molar refractivity (Wildman–Crippen MR) is 84.3 cm³/mol. The first kappa shape index (κ1) is 15.7. The van der Waals surface area contributed by atoms with Gasteiger partial charge >= 0.3 is 0 Å². The fourth-order valence-electron chi connectivity index (χ4n) is 2.24. The Balaban J connectivity index is 1.54. The fourth-order valence-corrected chi connectivity index (χ4v) is 2.24. The molecule has 3 N–H and O–H groups in total. The molecule has 0 bridgehead atoms. The van der Waals surface area contributed by atoms with Gasteiger partial charge in [0.1, 0.15) is 0 Å². The molecule has 1 fully saturated rings. The first-order valence-electron chi connectivity index (χ1n) is 7.58. The first-order valence-corrected chi connectivity index (χ1v) is 7.58. The van der Waals surface area contributed by atoms with Crippen molar-refractivity contribution in [1.29, 1.82) is 0 Å². The average molecular weight is 291 g/mol. The largest absolute Gasteiger partial charge is 0.379 e. The van der Waals surface area contributed by atoms with Gasteiger partial charge in [-0.15, -0.1) is 0 Å². The number of guanidine groups is 1. The van der Waals surface area contributed by atoms with Gasteiger partial charge in [-0.1, -0.05) is 6.07 Å². The van der Waals surface area contributed by atoms with E-state index in [0.717, 1.165) is 64.5 Å². The Kier molecular flexibility index (Phi) is 6.97. The van der Waals surface area contributed by atoms with Gasteiger partial charge < -0.3 is 15.8 Å². The number of hydrogen-bond acceptors (Lipinski definition) is 4. The molecule has 1 aliphatic heterocycles. The van der Waals surface area contributed by atoms with Crippen LogP contribution in [-0.2, 0) is 11.2 Å². The molecule has 0 saturated carbocycles. The molecule has 0 aliphatic carbocycles. The van der Waals surface area contributed by atoms with E-state index < -0.39 is 0 Å². The van der Waals surface area contributed by atoms with Crippen molar-refractivity contribution in [2.24, 2.45) is 10.7 Å². The third-order valence-corrected chi connectivity index (χ3v) is 3.43. The summed E-state index contributed by atoms with van der Waals surface area (Å²) in [6.07, 6.45) is 3.69. The molecule has 0 unspecified atom stereocenters. The number of nitrogens with one attached hydrogen (secondary N) is 1. The second kappa shape index (κ2) is 9.31. The lowest BCUT2D eigenvalue weighted by Gasteiger charge is -2.26. The van der Waals surface area contributed by atoms with Crippen molar-refractivity contribution in [3.8, 4) is 0 Å². The van der Waals surface area contributed by atoms with Crippen LogP contribution in [0, 0.1) is 0 Å². The zero-order valence-electron chi connectivity index (χ0n) is 12.5. The Morgan fingerprint density at radius 2 is 2.24 bits per heavy atom. The lowest BCUT2D eigenvalue weighted by molar-refractivity contribution is 0.0377. The minimum absolute atomic E-state index is 0.521. The summed E-state index contributed by atoms with van der Waals surface area (Å²) in [5.74, 6) is 0.521. The van der Waals surface area contributed by atoms with Gasteiger partial charge in [-0.05, 0) is 18.6 Å². The topological polar surface area (TPSA) is 75.8 Å². The number of ether oxygens (including phenoxy) is 1. The van der Waals surface area contributed by atoms with Crippen molar-refractivity contribution in [3.63, 3.8) is 0 Å². The SMILES string of the molecule is NC(=NCCCN1CCOCC1)NCCc1ccccn1. The zero-order chi connectivity index (χ0) is 14.8. The minimum atomic E-state index is 0.521. The lowest BCUT2D eigenvalue weighted by Crippen LogP contribution is -2.37. The standard InChI is InChI=1S/C15H25N5O/c16-15(19-8-5-14-4-1-2-6-17-14)18-7-3-9-20-10-12-21-13-11-20/h1-2,4,6H,3,5,7-13H2,(H3,16,18,19). The number of aromatic nitrogens is 1. The molecule has 21 heavy (non-hydrogen) atoms. The Labute approximate surface area is 126 Å². The van der Waals surface area contributed by atoms with E-state index >= 15 is 0 Å². The smallest absolute Gasteiger partial charge is 0.188 e. The summed E-state index contributed by atoms with van der Waals surface area (Å²) in [5, 5.41) is 3.12. The Bertz CT molecular complexity index is 417. The van der Waals surface area contributed by atoms with Crippen LogP contribution in [0.25, 0.3) is 0 Å². The van der Waals surface area contributed by atoms with Crippen LogP contribution in [0.5, 0.6) is 0 Å². The molecule has 0 atom stereocenters. The fraction of sp³-hybridized carbons (Fsp3) is 0.600. The molecule has 6 heteroatoms. The van der Waals surface area contributed by atoms with Gasteiger partial charge in [0, 0.05) is 51.0 Å². The second-order valence-electron chi connectivity index (χ2n) is 5.07. The monoisotopic (exact) mass is 291 g/mol. The Morgan fingerprint density at radius 1 is 1.38 bits per heavy atom. The van der Waals surface area contributed by atoms with E-state index in [-0.39, 0.29) is 0 Å². The maximum Gasteiger partial charge on any atom is 0.188 e. The van der Waals surface area contributed by atoms with E-state index in [2.05, 4.69) is 20.2 Å². The molecule has 1 aromatic rings. The minimum Gasteiger partial charge on any atom is -0.379 e. The number of pyridine rings is 1. The van der Waals surface area contributed by atoms with E-state index in [4.69, 9.17) is 10.5 Å². The van der Waals surface area contributed by atoms with Gasteiger partial charge in [-0.25, -0.2) is 0 Å². The Morgan fingerprint density at radius 3 is 3.00 bits per heavy atom. The molecule has 0 spiro atoms. The number of rotatable bonds is 7. The van der Waals surface area contributed by atoms with Gasteiger partial charge in [0.15, 0.2) is 5.96 Å². The lowest BCUT2D eigenvalue weighted by atomic mass is 10.3. The third-order valence-electron chi connectivity index (χ3n) is 3.43. The van der Waals surface area contributed by atoms with Crippen molar-refractivity contribution in [1.82, 2.24) is 15.2 Å². The maximum atomic E-state index is 5.84. The van der Waals surface area contributed by atoms with Gasteiger partial charge in [-0.3, -0.25) is 14.9 Å². The number of aliphatic imine (C=N–C) groups is 1. The summed E-state index contributed by atoms with van der Waals surface area (Å²) in [5.41, 5.74) is 6.90. The van der Waals surface area contributed by atoms with Crippen LogP contribution in [0.4, 0.5) is 0 Å². The van der Waals surface area contributed by atoms with Crippen LogP contribution in [0.15, 0.2) is 29.4 Å². The highest BCUT2D eigenvalue weighted by molar-refractivity contribution is 5.77. The molecule has 6 nitrogen and oxygen atoms in total. The summed E-state index contributed by atoms with van der Waals surface area (Å²) >= 11 is 0. The number of hydrogen-bond donors (Lipinski definition) is 2. The predicted octanol–water partition coefficient (Wildman–Crippen LogP) is 0.251. The first-order chi connectivity index (χ1) is 10.3. The summed E-state index contributed by atoms with van der Waals surface area (Å²) in [4.78, 5) is 11.0. The van der Waals surface area contributed by atoms with Crippen LogP contribution in [-0.4, -0.2) is 61.8 Å². The molecule has 116 valence electrons. The van der Waals surface area contributed by atoms with Crippen molar-refractivity contribution in [3.05, 3.63) is 30.1 Å². The molecule has 1 saturated heterocycles. The van der Waals surface area contributed by atoms with Crippen LogP contribution in [0.3, 0.4) is 0 Å². The molecule has 1 aromatic heterocycles. The summed E-state index contributed by atoms with van der Waals surface area (Å²) in [7, 11) is 0. The average Bonchev–Trinajstić information content (AvgIpc) is 2.54. The normalized spacial score (nSPS) is 16.9. The van der Waals surface area contributed by atoms with E-state index in [0.29, 0.717) is 5.96 Å². The molecule has 2 heterocycles. The van der Waals surface area contributed by atoms with Crippen LogP contribution in [0.2, 0.25) is 0 Å². The van der Waals surface area contributed by atoms with Gasteiger partial charge in [0.05, 0.1) is 13.2 Å². The van der Waals surface area contributed by atoms with Crippen LogP contribution < -0.4 is 11.1 Å². The van der Waals surface area contributed by atoms with E-state index in [1.165, 1.54) is 0 Å². The van der Waals surface area contributed by atoms with Gasteiger partial charge in [-0.2, -0.15) is 0 Å². The second-order valence-corrected chi connectivity index (χ2v) is 5.07. The molecule has 0 amide bonds. The Hall–Kier alpha value is -1.66. The molecular formula is C15H25N5O. The number of nitrogens with zero attached hydrogens (tertiary/aromatic N) is 3. The van der Waals surface area contributed by atoms with Crippen LogP contribution >= 0.6 is 0 Å². The van der Waals surface area contributed by atoms with Crippen molar-refractivity contribution in [2.45, 2.75) is 12.8 Å². The molecule has 0 radical (unpaired) electrons. The molecule has 0 aromatic carbocycles. The van der Waals surface area contributed by atoms with Crippen LogP contribution in [0.1, 0.15) is 12.1 Å². The summed E-state index contributed by atoms with van der Waals surface area (Å²) < 4.78 is 5.32. The number of morpholine rings is 1. The number of nitrogens with two attached hydrogens (primary N) is 1. The highest BCUT2D eigenvalue weighted by Gasteiger charge is 2.08. The third kappa shape index (κ3) is 6.55. The highest BCUT2D eigenvalue weighted by Crippen LogP contribution is 1.98. The van der Waals surface area contributed by atoms with Crippen molar-refractivity contribution in [2.75, 3.05) is 45.9 Å². The van der Waals surface area contributed by atoms with Gasteiger partial charge in [0.2, 0.25) is 0 Å². The summed E-state index contributed by atoms with van der Waals surface area (Å²) in [6.45, 7) is 6.34. The van der Waals surface area contributed by atoms with Gasteiger partial charge in [0.25, 0.3) is 0 Å². The zero-order valence-corrected chi connectivity index (χ0v) is 12.5. The van der Waals surface area contributed by atoms with Crippen molar-refractivity contribution < 1.29 is 4.74 Å². The quantitative estimate of drug-likeness (QED) is 0.428. The molecule has 2 rings (SSSR count). The maximum absolute atomic E-state index is 5.84. The molecule has 1 aliphatic rings.